The van der Waals surface area contributed by atoms with E-state index in [-0.39, 0.29) is 24.3 Å². The van der Waals surface area contributed by atoms with Gasteiger partial charge in [-0.1, -0.05) is 21.6 Å². The van der Waals surface area contributed by atoms with Gasteiger partial charge < -0.3 is 9.47 Å². The number of nitrogens with zero attached hydrogens (tertiary/aromatic N) is 2. The van der Waals surface area contributed by atoms with Crippen molar-refractivity contribution in [2.45, 2.75) is 39.2 Å². The minimum absolute atomic E-state index is 0. The molecule has 2 rings (SSSR count). The summed E-state index contributed by atoms with van der Waals surface area (Å²) in [6.45, 7) is 7.76. The summed E-state index contributed by atoms with van der Waals surface area (Å²) in [4.78, 5) is 24.0. The topological polar surface area (TPSA) is 110 Å². The Morgan fingerprint density at radius 2 is 1.22 bits per heavy atom. The Balaban J connectivity index is 0.00000364. The van der Waals surface area contributed by atoms with Crippen LogP contribution in [-0.2, 0) is 21.0 Å². The van der Waals surface area contributed by atoms with Crippen molar-refractivity contribution < 1.29 is 19.1 Å². The predicted molar refractivity (Wildman–Crippen MR) is 108 cm³/mol. The quantitative estimate of drug-likeness (QED) is 0.350. The summed E-state index contributed by atoms with van der Waals surface area (Å²) >= 11 is 0. The van der Waals surface area contributed by atoms with Crippen molar-refractivity contribution in [3.05, 3.63) is 33.9 Å². The number of halogens is 1. The maximum Gasteiger partial charge on any atom is 0.341 e. The van der Waals surface area contributed by atoms with Crippen molar-refractivity contribution in [3.8, 4) is 0 Å². The third-order valence-corrected chi connectivity index (χ3v) is 5.63. The summed E-state index contributed by atoms with van der Waals surface area (Å²) < 4.78 is 10.1. The Kier molecular flexibility index (Phi) is 9.75. The highest BCUT2D eigenvalue weighted by Gasteiger charge is 2.21. The number of hydrogen-bond acceptors (Lipinski definition) is 8. The highest BCUT2D eigenvalue weighted by molar-refractivity contribution is 8.76. The van der Waals surface area contributed by atoms with Crippen LogP contribution in [0.4, 0.5) is 0 Å². The van der Waals surface area contributed by atoms with Crippen LogP contribution in [-0.4, -0.2) is 45.5 Å². The first kappa shape index (κ1) is 23.4. The second-order valence-electron chi connectivity index (χ2n) is 5.31. The summed E-state index contributed by atoms with van der Waals surface area (Å²) in [5.41, 5.74) is 3.67. The van der Waals surface area contributed by atoms with Gasteiger partial charge in [0.15, 0.2) is 0 Å². The smallest absolute Gasteiger partial charge is 0.341 e. The van der Waals surface area contributed by atoms with Gasteiger partial charge in [0.05, 0.1) is 24.6 Å². The van der Waals surface area contributed by atoms with Crippen molar-refractivity contribution in [2.75, 3.05) is 13.2 Å². The van der Waals surface area contributed by atoms with Crippen LogP contribution in [0.2, 0.25) is 0 Å². The van der Waals surface area contributed by atoms with E-state index in [0.29, 0.717) is 58.6 Å². The van der Waals surface area contributed by atoms with Crippen LogP contribution in [0.25, 0.3) is 0 Å². The van der Waals surface area contributed by atoms with E-state index in [0.717, 1.165) is 0 Å². The molecule has 0 aromatic carbocycles. The molecule has 150 valence electrons. The van der Waals surface area contributed by atoms with E-state index >= 15 is 0 Å². The van der Waals surface area contributed by atoms with Gasteiger partial charge in [-0.05, 0) is 27.7 Å². The number of hydrogen-bond donors (Lipinski definition) is 2. The number of aryl methyl sites for hydroxylation is 2. The molecule has 11 heteroatoms. The molecular formula is C16H23ClN4O4S2. The van der Waals surface area contributed by atoms with Gasteiger partial charge in [-0.25, -0.2) is 9.59 Å². The molecule has 0 saturated carbocycles. The number of rotatable bonds is 9. The Hall–Kier alpha value is -1.65. The highest BCUT2D eigenvalue weighted by atomic mass is 35.5. The maximum absolute atomic E-state index is 12.0. The number of carbonyl (C=O) groups excluding carboxylic acids is 2. The fourth-order valence-corrected chi connectivity index (χ4v) is 4.29. The summed E-state index contributed by atoms with van der Waals surface area (Å²) in [6, 6.07) is 0. The summed E-state index contributed by atoms with van der Waals surface area (Å²) in [5.74, 6) is 0.321. The Morgan fingerprint density at radius 1 is 0.852 bits per heavy atom. The molecule has 0 saturated heterocycles. The largest absolute Gasteiger partial charge is 0.462 e. The summed E-state index contributed by atoms with van der Waals surface area (Å²) in [7, 11) is 3.06. The van der Waals surface area contributed by atoms with Gasteiger partial charge in [0.1, 0.15) is 11.1 Å². The van der Waals surface area contributed by atoms with Gasteiger partial charge >= 0.3 is 11.9 Å². The number of ether oxygens (including phenoxy) is 2. The minimum atomic E-state index is -0.369. The van der Waals surface area contributed by atoms with Crippen LogP contribution in [0.5, 0.6) is 0 Å². The number of nitrogens with one attached hydrogen (secondary N) is 2. The highest BCUT2D eigenvalue weighted by Crippen LogP contribution is 2.31. The van der Waals surface area contributed by atoms with Gasteiger partial charge in [0.2, 0.25) is 0 Å². The van der Waals surface area contributed by atoms with Gasteiger partial charge in [-0.3, -0.25) is 10.2 Å². The molecule has 0 bridgehead atoms. The molecule has 0 unspecified atom stereocenters. The third kappa shape index (κ3) is 5.91. The SMILES string of the molecule is CCOC(=O)c1c(CSSCc2n[nH]c(C)c2C(=O)OCC)n[nH]c1C.Cl. The zero-order valence-electron chi connectivity index (χ0n) is 15.6. The van der Waals surface area contributed by atoms with Crippen molar-refractivity contribution >= 4 is 45.9 Å². The fraction of sp³-hybridized carbons (Fsp3) is 0.500. The van der Waals surface area contributed by atoms with Crippen LogP contribution in [0.1, 0.15) is 57.3 Å². The lowest BCUT2D eigenvalue weighted by atomic mass is 10.2. The van der Waals surface area contributed by atoms with Crippen LogP contribution in [0.3, 0.4) is 0 Å². The predicted octanol–water partition coefficient (Wildman–Crippen LogP) is 3.61. The zero-order valence-corrected chi connectivity index (χ0v) is 18.0. The van der Waals surface area contributed by atoms with Gasteiger partial charge in [-0.2, -0.15) is 10.2 Å². The van der Waals surface area contributed by atoms with Crippen LogP contribution < -0.4 is 0 Å². The first-order chi connectivity index (χ1) is 12.5. The molecule has 8 nitrogen and oxygen atoms in total. The standard InChI is InChI=1S/C16H22N4O4S2.ClH/c1-5-23-15(21)13-9(3)17-19-11(13)7-25-26-8-12-14(10(4)18-20-12)16(22)24-6-2;/h5-8H2,1-4H3,(H,17,19)(H,18,20);1H. The molecule has 0 amide bonds. The molecule has 2 aromatic rings. The van der Waals surface area contributed by atoms with E-state index in [1.807, 2.05) is 0 Å². The second kappa shape index (κ2) is 11.3. The fourth-order valence-electron chi connectivity index (χ4n) is 2.31. The van der Waals surface area contributed by atoms with Gasteiger partial charge in [0, 0.05) is 22.9 Å². The molecule has 0 fully saturated rings. The minimum Gasteiger partial charge on any atom is -0.462 e. The van der Waals surface area contributed by atoms with Crippen molar-refractivity contribution in [1.29, 1.82) is 0 Å². The van der Waals surface area contributed by atoms with E-state index < -0.39 is 0 Å². The van der Waals surface area contributed by atoms with Gasteiger partial charge in [0.25, 0.3) is 0 Å². The molecule has 0 aliphatic rings. The van der Waals surface area contributed by atoms with E-state index in [9.17, 15) is 9.59 Å². The molecule has 0 aliphatic heterocycles. The number of aromatic amines is 2. The Bertz CT molecular complexity index is 714. The maximum atomic E-state index is 12.0. The molecule has 2 aromatic heterocycles. The summed E-state index contributed by atoms with van der Waals surface area (Å²) in [6.07, 6.45) is 0. The Labute approximate surface area is 171 Å². The third-order valence-electron chi connectivity index (χ3n) is 3.48. The first-order valence-corrected chi connectivity index (χ1v) is 10.6. The normalized spacial score (nSPS) is 10.4. The summed E-state index contributed by atoms with van der Waals surface area (Å²) in [5, 5.41) is 14.0. The van der Waals surface area contributed by atoms with Crippen LogP contribution >= 0.6 is 34.0 Å². The molecule has 0 spiro atoms. The van der Waals surface area contributed by atoms with E-state index in [4.69, 9.17) is 9.47 Å². The number of aromatic nitrogens is 4. The molecule has 27 heavy (non-hydrogen) atoms. The number of H-pyrrole nitrogens is 2. The lowest BCUT2D eigenvalue weighted by Gasteiger charge is -2.05. The number of carbonyl (C=O) groups is 2. The molecule has 2 heterocycles. The number of esters is 2. The van der Waals surface area contributed by atoms with Crippen molar-refractivity contribution in [3.63, 3.8) is 0 Å². The van der Waals surface area contributed by atoms with Crippen LogP contribution in [0, 0.1) is 13.8 Å². The lowest BCUT2D eigenvalue weighted by Crippen LogP contribution is -2.08. The molecule has 2 N–H and O–H groups in total. The zero-order chi connectivity index (χ0) is 19.1. The first-order valence-electron chi connectivity index (χ1n) is 8.15. The van der Waals surface area contributed by atoms with Crippen molar-refractivity contribution in [2.24, 2.45) is 0 Å². The molecular weight excluding hydrogens is 412 g/mol. The average molecular weight is 435 g/mol. The monoisotopic (exact) mass is 434 g/mol. The van der Waals surface area contributed by atoms with E-state index in [2.05, 4.69) is 20.4 Å². The lowest BCUT2D eigenvalue weighted by molar-refractivity contribution is 0.0514. The molecule has 0 aliphatic carbocycles. The van der Waals surface area contributed by atoms with Crippen LogP contribution in [0.15, 0.2) is 0 Å². The molecule has 0 atom stereocenters. The molecule has 0 radical (unpaired) electrons. The second-order valence-corrected chi connectivity index (χ2v) is 7.77. The van der Waals surface area contributed by atoms with E-state index in [1.165, 1.54) is 21.6 Å². The van der Waals surface area contributed by atoms with Gasteiger partial charge in [-0.15, -0.1) is 12.4 Å². The average Bonchev–Trinajstić information content (AvgIpc) is 3.15. The van der Waals surface area contributed by atoms with E-state index in [1.54, 1.807) is 27.7 Å². The Morgan fingerprint density at radius 3 is 1.56 bits per heavy atom. The van der Waals surface area contributed by atoms with Crippen molar-refractivity contribution in [1.82, 2.24) is 20.4 Å².